The number of nitrogens with zero attached hydrogens (tertiary/aromatic N) is 3. The van der Waals surface area contributed by atoms with Crippen molar-refractivity contribution < 1.29 is 9.66 Å². The van der Waals surface area contributed by atoms with Crippen LogP contribution >= 0.6 is 0 Å². The molecule has 0 aliphatic carbocycles. The molecule has 1 unspecified atom stereocenters. The molecule has 0 saturated carbocycles. The van der Waals surface area contributed by atoms with E-state index in [9.17, 15) is 10.1 Å². The van der Waals surface area contributed by atoms with Crippen LogP contribution in [0.2, 0.25) is 0 Å². The second-order valence-corrected chi connectivity index (χ2v) is 3.33. The van der Waals surface area contributed by atoms with Crippen LogP contribution in [-0.2, 0) is 4.74 Å². The highest BCUT2D eigenvalue weighted by Gasteiger charge is 2.24. The molecule has 1 heterocycles. The van der Waals surface area contributed by atoms with Crippen molar-refractivity contribution in [3.8, 4) is 0 Å². The van der Waals surface area contributed by atoms with Gasteiger partial charge in [-0.25, -0.2) is 4.68 Å². The molecule has 0 fully saturated rings. The molecule has 7 nitrogen and oxygen atoms in total. The molecule has 0 aliphatic rings. The Morgan fingerprint density at radius 3 is 2.73 bits per heavy atom. The number of aryl methyl sites for hydroxylation is 1. The number of hydrogen-bond donors (Lipinski definition) is 1. The molecule has 0 aromatic carbocycles. The lowest BCUT2D eigenvalue weighted by molar-refractivity contribution is -0.384. The van der Waals surface area contributed by atoms with Gasteiger partial charge in [-0.15, -0.1) is 0 Å². The van der Waals surface area contributed by atoms with Gasteiger partial charge >= 0.3 is 5.69 Å². The summed E-state index contributed by atoms with van der Waals surface area (Å²) >= 11 is 0. The van der Waals surface area contributed by atoms with E-state index < -0.39 is 4.92 Å². The highest BCUT2D eigenvalue weighted by molar-refractivity contribution is 5.56. The average molecular weight is 214 g/mol. The Morgan fingerprint density at radius 2 is 2.33 bits per heavy atom. The summed E-state index contributed by atoms with van der Waals surface area (Å²) < 4.78 is 6.35. The number of rotatable bonds is 4. The van der Waals surface area contributed by atoms with Crippen LogP contribution in [0.1, 0.15) is 18.7 Å². The van der Waals surface area contributed by atoms with E-state index in [0.29, 0.717) is 12.3 Å². The molecule has 15 heavy (non-hydrogen) atoms. The molecule has 2 N–H and O–H groups in total. The van der Waals surface area contributed by atoms with Crippen molar-refractivity contribution in [3.63, 3.8) is 0 Å². The average Bonchev–Trinajstić information content (AvgIpc) is 2.42. The summed E-state index contributed by atoms with van der Waals surface area (Å²) in [5, 5.41) is 14.7. The van der Waals surface area contributed by atoms with Crippen molar-refractivity contribution in [1.29, 1.82) is 0 Å². The first-order valence-electron chi connectivity index (χ1n) is 4.47. The van der Waals surface area contributed by atoms with Gasteiger partial charge in [0.05, 0.1) is 17.6 Å². The van der Waals surface area contributed by atoms with E-state index in [1.54, 1.807) is 14.0 Å². The van der Waals surface area contributed by atoms with Gasteiger partial charge < -0.3 is 10.5 Å². The number of methoxy groups -OCH3 is 1. The number of nitro groups is 1. The van der Waals surface area contributed by atoms with E-state index in [2.05, 4.69) is 5.10 Å². The molecule has 0 bridgehead atoms. The summed E-state index contributed by atoms with van der Waals surface area (Å²) in [6, 6.07) is -0.123. The molecule has 1 aromatic rings. The van der Waals surface area contributed by atoms with Crippen molar-refractivity contribution in [2.75, 3.05) is 19.5 Å². The third-order valence-electron chi connectivity index (χ3n) is 2.10. The van der Waals surface area contributed by atoms with Crippen LogP contribution in [0.3, 0.4) is 0 Å². The number of aromatic nitrogens is 2. The summed E-state index contributed by atoms with van der Waals surface area (Å²) in [5.74, 6) is 0.0713. The standard InChI is InChI=1S/C8H14N4O3/c1-5(4-15-3)11-8(9)7(12(13)14)6(2)10-11/h5H,4,9H2,1-3H3. The molecule has 0 aliphatic heterocycles. The van der Waals surface area contributed by atoms with Crippen LogP contribution in [-0.4, -0.2) is 28.4 Å². The van der Waals surface area contributed by atoms with Crippen LogP contribution < -0.4 is 5.73 Å². The summed E-state index contributed by atoms with van der Waals surface area (Å²) in [7, 11) is 1.55. The zero-order chi connectivity index (χ0) is 11.6. The number of ether oxygens (including phenoxy) is 1. The van der Waals surface area contributed by atoms with Crippen molar-refractivity contribution in [3.05, 3.63) is 15.8 Å². The summed E-state index contributed by atoms with van der Waals surface area (Å²) in [5.41, 5.74) is 5.83. The minimum absolute atomic E-state index is 0.0713. The van der Waals surface area contributed by atoms with E-state index in [0.717, 1.165) is 0 Å². The van der Waals surface area contributed by atoms with Gasteiger partial charge in [-0.3, -0.25) is 10.1 Å². The maximum Gasteiger partial charge on any atom is 0.333 e. The van der Waals surface area contributed by atoms with Crippen molar-refractivity contribution in [2.24, 2.45) is 0 Å². The monoisotopic (exact) mass is 214 g/mol. The highest BCUT2D eigenvalue weighted by atomic mass is 16.6. The molecule has 1 atom stereocenters. The van der Waals surface area contributed by atoms with Gasteiger partial charge in [0.1, 0.15) is 5.69 Å². The topological polar surface area (TPSA) is 96.2 Å². The van der Waals surface area contributed by atoms with Gasteiger partial charge in [0.15, 0.2) is 0 Å². The van der Waals surface area contributed by atoms with Gasteiger partial charge in [0.2, 0.25) is 5.82 Å². The van der Waals surface area contributed by atoms with Crippen LogP contribution in [0, 0.1) is 17.0 Å². The zero-order valence-electron chi connectivity index (χ0n) is 8.93. The molecular weight excluding hydrogens is 200 g/mol. The smallest absolute Gasteiger partial charge is 0.333 e. The van der Waals surface area contributed by atoms with Crippen molar-refractivity contribution >= 4 is 11.5 Å². The molecule has 84 valence electrons. The second kappa shape index (κ2) is 4.26. The first-order valence-corrected chi connectivity index (χ1v) is 4.47. The van der Waals surface area contributed by atoms with Gasteiger partial charge in [-0.05, 0) is 13.8 Å². The minimum Gasteiger partial charge on any atom is -0.382 e. The summed E-state index contributed by atoms with van der Waals surface area (Å²) in [6.07, 6.45) is 0. The first kappa shape index (κ1) is 11.4. The number of nitrogen functional groups attached to an aromatic ring is 1. The molecule has 1 rings (SSSR count). The Hall–Kier alpha value is -1.63. The Bertz CT molecular complexity index is 374. The fourth-order valence-electron chi connectivity index (χ4n) is 1.43. The molecule has 0 radical (unpaired) electrons. The van der Waals surface area contributed by atoms with Crippen LogP contribution in [0.4, 0.5) is 11.5 Å². The largest absolute Gasteiger partial charge is 0.382 e. The number of hydrogen-bond acceptors (Lipinski definition) is 5. The molecule has 0 amide bonds. The lowest BCUT2D eigenvalue weighted by Gasteiger charge is -2.11. The van der Waals surface area contributed by atoms with Crippen LogP contribution in [0.25, 0.3) is 0 Å². The minimum atomic E-state index is -0.520. The molecule has 0 spiro atoms. The van der Waals surface area contributed by atoms with Gasteiger partial charge in [-0.2, -0.15) is 5.10 Å². The third kappa shape index (κ3) is 2.07. The Morgan fingerprint density at radius 1 is 1.73 bits per heavy atom. The van der Waals surface area contributed by atoms with Crippen LogP contribution in [0.5, 0.6) is 0 Å². The quantitative estimate of drug-likeness (QED) is 0.593. The van der Waals surface area contributed by atoms with E-state index in [1.807, 2.05) is 6.92 Å². The van der Waals surface area contributed by atoms with Gasteiger partial charge in [0.25, 0.3) is 0 Å². The molecular formula is C8H14N4O3. The lowest BCUT2D eigenvalue weighted by Crippen LogP contribution is -2.15. The molecule has 1 aromatic heterocycles. The summed E-state index contributed by atoms with van der Waals surface area (Å²) in [4.78, 5) is 10.2. The van der Waals surface area contributed by atoms with Gasteiger partial charge in [0, 0.05) is 7.11 Å². The summed E-state index contributed by atoms with van der Waals surface area (Å²) in [6.45, 7) is 3.79. The predicted molar refractivity (Wildman–Crippen MR) is 54.6 cm³/mol. The Labute approximate surface area is 87.0 Å². The fraction of sp³-hybridized carbons (Fsp3) is 0.625. The lowest BCUT2D eigenvalue weighted by atomic mass is 10.3. The Balaban J connectivity index is 3.11. The van der Waals surface area contributed by atoms with Gasteiger partial charge in [-0.1, -0.05) is 0 Å². The Kier molecular flexibility index (Phi) is 3.25. The van der Waals surface area contributed by atoms with Crippen molar-refractivity contribution in [2.45, 2.75) is 19.9 Å². The van der Waals surface area contributed by atoms with E-state index in [4.69, 9.17) is 10.5 Å². The SMILES string of the molecule is COCC(C)n1nc(C)c([N+](=O)[O-])c1N. The van der Waals surface area contributed by atoms with Crippen molar-refractivity contribution in [1.82, 2.24) is 9.78 Å². The second-order valence-electron chi connectivity index (χ2n) is 3.33. The van der Waals surface area contributed by atoms with E-state index in [-0.39, 0.29) is 17.5 Å². The van der Waals surface area contributed by atoms with E-state index in [1.165, 1.54) is 4.68 Å². The predicted octanol–water partition coefficient (Wildman–Crippen LogP) is 0.889. The molecule has 7 heteroatoms. The van der Waals surface area contributed by atoms with Crippen LogP contribution in [0.15, 0.2) is 0 Å². The normalized spacial score (nSPS) is 12.7. The fourth-order valence-corrected chi connectivity index (χ4v) is 1.43. The highest BCUT2D eigenvalue weighted by Crippen LogP contribution is 2.27. The number of anilines is 1. The maximum atomic E-state index is 10.7. The zero-order valence-corrected chi connectivity index (χ0v) is 8.93. The van der Waals surface area contributed by atoms with E-state index >= 15 is 0 Å². The third-order valence-corrected chi connectivity index (χ3v) is 2.10. The number of nitrogens with two attached hydrogens (primary N) is 1. The maximum absolute atomic E-state index is 10.7. The first-order chi connectivity index (χ1) is 6.99. The molecule has 0 saturated heterocycles.